The lowest BCUT2D eigenvalue weighted by atomic mass is 10.1. The first kappa shape index (κ1) is 18.2. The van der Waals surface area contributed by atoms with E-state index in [0.29, 0.717) is 10.9 Å². The van der Waals surface area contributed by atoms with Crippen molar-refractivity contribution in [1.82, 2.24) is 24.6 Å². The Morgan fingerprint density at radius 3 is 2.64 bits per heavy atom. The van der Waals surface area contributed by atoms with Crippen molar-refractivity contribution in [3.63, 3.8) is 0 Å². The Morgan fingerprint density at radius 1 is 1.14 bits per heavy atom. The predicted octanol–water partition coefficient (Wildman–Crippen LogP) is 4.07. The van der Waals surface area contributed by atoms with Crippen LogP contribution in [-0.2, 0) is 6.42 Å². The van der Waals surface area contributed by atoms with Gasteiger partial charge >= 0.3 is 0 Å². The van der Waals surface area contributed by atoms with Crippen LogP contribution >= 0.6 is 11.3 Å². The van der Waals surface area contributed by atoms with Crippen molar-refractivity contribution in [3.8, 4) is 11.3 Å². The molecule has 142 valence electrons. The van der Waals surface area contributed by atoms with E-state index in [1.54, 1.807) is 10.7 Å². The molecule has 0 aliphatic heterocycles. The van der Waals surface area contributed by atoms with Gasteiger partial charge in [0.05, 0.1) is 5.69 Å². The second kappa shape index (κ2) is 7.47. The molecule has 0 saturated heterocycles. The summed E-state index contributed by atoms with van der Waals surface area (Å²) in [6, 6.07) is 10.2. The molecule has 0 aliphatic carbocycles. The summed E-state index contributed by atoms with van der Waals surface area (Å²) in [5, 5.41) is 7.56. The number of fused-ring (bicyclic) bond motifs is 1. The number of carbonyl (C=O) groups excluding carboxylic acids is 1. The van der Waals surface area contributed by atoms with Crippen LogP contribution in [-0.4, -0.2) is 30.5 Å². The highest BCUT2D eigenvalue weighted by Gasteiger charge is 2.17. The highest BCUT2D eigenvalue weighted by molar-refractivity contribution is 7.16. The molecule has 1 N–H and O–H groups in total. The summed E-state index contributed by atoms with van der Waals surface area (Å²) < 4.78 is 1.55. The van der Waals surface area contributed by atoms with Gasteiger partial charge in [0.1, 0.15) is 0 Å². The number of benzene rings is 1. The van der Waals surface area contributed by atoms with Crippen LogP contribution in [0.15, 0.2) is 36.5 Å². The minimum atomic E-state index is -0.400. The number of carbonyl (C=O) groups is 1. The molecule has 3 heterocycles. The van der Waals surface area contributed by atoms with Crippen molar-refractivity contribution in [1.29, 1.82) is 0 Å². The van der Waals surface area contributed by atoms with Crippen molar-refractivity contribution in [2.75, 3.05) is 5.32 Å². The average Bonchev–Trinajstić information content (AvgIpc) is 3.27. The molecule has 1 aromatic carbocycles. The first-order valence-corrected chi connectivity index (χ1v) is 9.93. The zero-order valence-electron chi connectivity index (χ0n) is 15.9. The zero-order chi connectivity index (χ0) is 19.7. The molecule has 4 aromatic rings. The van der Waals surface area contributed by atoms with E-state index in [2.05, 4.69) is 56.6 Å². The van der Waals surface area contributed by atoms with Gasteiger partial charge in [0.2, 0.25) is 5.82 Å². The Hall–Kier alpha value is -3.13. The maximum Gasteiger partial charge on any atom is 0.297 e. The Morgan fingerprint density at radius 2 is 1.93 bits per heavy atom. The largest absolute Gasteiger partial charge is 0.297 e. The quantitative estimate of drug-likeness (QED) is 0.553. The molecule has 4 rings (SSSR count). The molecule has 0 spiro atoms. The van der Waals surface area contributed by atoms with Crippen LogP contribution in [0.4, 0.5) is 5.13 Å². The molecular formula is C20H20N6OS. The summed E-state index contributed by atoms with van der Waals surface area (Å²) in [4.78, 5) is 26.5. The van der Waals surface area contributed by atoms with E-state index in [-0.39, 0.29) is 5.82 Å². The topological polar surface area (TPSA) is 85.1 Å². The van der Waals surface area contributed by atoms with Crippen molar-refractivity contribution in [2.24, 2.45) is 0 Å². The van der Waals surface area contributed by atoms with Gasteiger partial charge in [-0.1, -0.05) is 37.6 Å². The van der Waals surface area contributed by atoms with Crippen LogP contribution in [0.1, 0.15) is 40.1 Å². The van der Waals surface area contributed by atoms with Crippen molar-refractivity contribution < 1.29 is 4.79 Å². The minimum Gasteiger partial charge on any atom is -0.295 e. The van der Waals surface area contributed by atoms with Crippen LogP contribution in [0.2, 0.25) is 0 Å². The molecule has 3 aromatic heterocycles. The fraction of sp³-hybridized carbons (Fsp3) is 0.250. The highest BCUT2D eigenvalue weighted by atomic mass is 32.1. The van der Waals surface area contributed by atoms with Gasteiger partial charge in [0.25, 0.3) is 11.7 Å². The van der Waals surface area contributed by atoms with E-state index >= 15 is 0 Å². The van der Waals surface area contributed by atoms with Gasteiger partial charge < -0.3 is 0 Å². The number of hydrogen-bond acceptors (Lipinski definition) is 6. The Kier molecular flexibility index (Phi) is 4.87. The van der Waals surface area contributed by atoms with Gasteiger partial charge in [-0.2, -0.15) is 4.98 Å². The number of thiazole rings is 1. The zero-order valence-corrected chi connectivity index (χ0v) is 16.7. The summed E-state index contributed by atoms with van der Waals surface area (Å²) in [5.41, 5.74) is 4.09. The number of anilines is 1. The molecule has 0 saturated carbocycles. The molecule has 0 radical (unpaired) electrons. The van der Waals surface area contributed by atoms with Crippen LogP contribution in [0.5, 0.6) is 0 Å². The fourth-order valence-electron chi connectivity index (χ4n) is 2.99. The summed E-state index contributed by atoms with van der Waals surface area (Å²) in [5.74, 6) is 0.0666. The first-order chi connectivity index (χ1) is 13.5. The molecule has 8 heteroatoms. The summed E-state index contributed by atoms with van der Waals surface area (Å²) in [7, 11) is 0. The third-order valence-electron chi connectivity index (χ3n) is 4.42. The van der Waals surface area contributed by atoms with Gasteiger partial charge in [-0.15, -0.1) is 16.4 Å². The number of amides is 1. The van der Waals surface area contributed by atoms with E-state index in [9.17, 15) is 4.79 Å². The number of aromatic nitrogens is 5. The SMILES string of the molecule is CCCc1ccc(-c2nc(NC(=O)c3nc4nccc(C)n4n3)sc2C)cc1. The second-order valence-corrected chi connectivity index (χ2v) is 7.76. The molecule has 0 unspecified atom stereocenters. The smallest absolute Gasteiger partial charge is 0.295 e. The summed E-state index contributed by atoms with van der Waals surface area (Å²) in [6.07, 6.45) is 3.83. The first-order valence-electron chi connectivity index (χ1n) is 9.11. The van der Waals surface area contributed by atoms with Gasteiger partial charge in [-0.25, -0.2) is 14.5 Å². The van der Waals surface area contributed by atoms with E-state index in [1.165, 1.54) is 16.9 Å². The van der Waals surface area contributed by atoms with Crippen LogP contribution in [0.25, 0.3) is 17.0 Å². The summed E-state index contributed by atoms with van der Waals surface area (Å²) in [6.45, 7) is 6.05. The van der Waals surface area contributed by atoms with Crippen molar-refractivity contribution in [2.45, 2.75) is 33.6 Å². The van der Waals surface area contributed by atoms with Crippen LogP contribution in [0.3, 0.4) is 0 Å². The lowest BCUT2D eigenvalue weighted by molar-refractivity contribution is 0.101. The third-order valence-corrected chi connectivity index (χ3v) is 5.30. The molecule has 0 bridgehead atoms. The number of nitrogens with zero attached hydrogens (tertiary/aromatic N) is 5. The Balaban J connectivity index is 1.56. The molecule has 1 amide bonds. The molecule has 0 fully saturated rings. The Bertz CT molecular complexity index is 1150. The van der Waals surface area contributed by atoms with Crippen molar-refractivity contribution >= 4 is 28.2 Å². The number of aryl methyl sites for hydroxylation is 3. The lowest BCUT2D eigenvalue weighted by Gasteiger charge is -2.02. The predicted molar refractivity (Wildman–Crippen MR) is 110 cm³/mol. The van der Waals surface area contributed by atoms with E-state index in [4.69, 9.17) is 0 Å². The van der Waals surface area contributed by atoms with Gasteiger partial charge in [-0.3, -0.25) is 10.1 Å². The number of rotatable bonds is 5. The van der Waals surface area contributed by atoms with Gasteiger partial charge in [0.15, 0.2) is 5.13 Å². The van der Waals surface area contributed by atoms with E-state index in [0.717, 1.165) is 34.7 Å². The maximum atomic E-state index is 12.6. The highest BCUT2D eigenvalue weighted by Crippen LogP contribution is 2.30. The van der Waals surface area contributed by atoms with E-state index < -0.39 is 5.91 Å². The van der Waals surface area contributed by atoms with Crippen LogP contribution < -0.4 is 5.32 Å². The fourth-order valence-corrected chi connectivity index (χ4v) is 3.82. The maximum absolute atomic E-state index is 12.6. The molecule has 0 atom stereocenters. The van der Waals surface area contributed by atoms with Gasteiger partial charge in [-0.05, 0) is 31.9 Å². The number of nitrogens with one attached hydrogen (secondary N) is 1. The molecule has 28 heavy (non-hydrogen) atoms. The Labute approximate surface area is 166 Å². The number of hydrogen-bond donors (Lipinski definition) is 1. The normalized spacial score (nSPS) is 11.1. The van der Waals surface area contributed by atoms with Gasteiger partial charge in [0, 0.05) is 22.3 Å². The third kappa shape index (κ3) is 3.50. The monoisotopic (exact) mass is 392 g/mol. The van der Waals surface area contributed by atoms with Crippen LogP contribution in [0, 0.1) is 13.8 Å². The molecule has 7 nitrogen and oxygen atoms in total. The minimum absolute atomic E-state index is 0.0696. The lowest BCUT2D eigenvalue weighted by Crippen LogP contribution is -2.13. The standard InChI is InChI=1S/C20H20N6OS/c1-4-5-14-6-8-15(9-7-14)16-13(3)28-20(22-16)24-18(27)17-23-19-21-11-10-12(2)26(19)25-17/h6-11H,4-5H2,1-3H3,(H,22,24,27). The van der Waals surface area contributed by atoms with E-state index in [1.807, 2.05) is 19.9 Å². The second-order valence-electron chi connectivity index (χ2n) is 6.56. The van der Waals surface area contributed by atoms with Crippen molar-refractivity contribution in [3.05, 3.63) is 58.5 Å². The summed E-state index contributed by atoms with van der Waals surface area (Å²) >= 11 is 1.44. The average molecular weight is 392 g/mol. The molecule has 0 aliphatic rings. The molecular weight excluding hydrogens is 372 g/mol.